The zero-order valence-electron chi connectivity index (χ0n) is 15.1. The lowest BCUT2D eigenvalue weighted by Crippen LogP contribution is -2.34. The van der Waals surface area contributed by atoms with Gasteiger partial charge in [0.15, 0.2) is 5.65 Å². The first-order chi connectivity index (χ1) is 13.0. The normalized spacial score (nSPS) is 19.6. The first-order valence-electron chi connectivity index (χ1n) is 8.85. The summed E-state index contributed by atoms with van der Waals surface area (Å²) in [6.07, 6.45) is 3.01. The number of ether oxygens (including phenoxy) is 1. The Morgan fingerprint density at radius 3 is 3.04 bits per heavy atom. The number of amides is 2. The number of nitrogens with one attached hydrogen (secondary N) is 1. The number of hydrogen-bond acceptors (Lipinski definition) is 6. The Hall–Kier alpha value is -3.23. The molecule has 0 aliphatic carbocycles. The van der Waals surface area contributed by atoms with Gasteiger partial charge in [0.05, 0.1) is 11.6 Å². The van der Waals surface area contributed by atoms with E-state index in [1.54, 1.807) is 25.3 Å². The smallest absolute Gasteiger partial charge is 0.252 e. The number of carbonyl (C=O) groups excluding carboxylic acids is 2. The second-order valence-corrected chi connectivity index (χ2v) is 6.73. The Balaban J connectivity index is 1.77. The number of aromatic nitrogens is 4. The molecule has 0 saturated carbocycles. The SMILES string of the molecule is CCC1CC(=O)NC1COc1nccc2cc(C(N)=O)c3nc(C)nn3c12. The molecule has 1 aliphatic rings. The van der Waals surface area contributed by atoms with E-state index in [1.165, 1.54) is 4.52 Å². The molecule has 0 spiro atoms. The lowest BCUT2D eigenvalue weighted by molar-refractivity contribution is -0.119. The Morgan fingerprint density at radius 2 is 2.30 bits per heavy atom. The van der Waals surface area contributed by atoms with Crippen molar-refractivity contribution in [1.29, 1.82) is 0 Å². The van der Waals surface area contributed by atoms with Gasteiger partial charge in [-0.3, -0.25) is 9.59 Å². The fourth-order valence-corrected chi connectivity index (χ4v) is 3.57. The molecule has 0 bridgehead atoms. The minimum atomic E-state index is -0.576. The van der Waals surface area contributed by atoms with Crippen LogP contribution in [-0.4, -0.2) is 44.0 Å². The van der Waals surface area contributed by atoms with E-state index in [0.29, 0.717) is 41.3 Å². The molecular weight excluding hydrogens is 348 g/mol. The van der Waals surface area contributed by atoms with Crippen molar-refractivity contribution in [3.63, 3.8) is 0 Å². The van der Waals surface area contributed by atoms with Crippen molar-refractivity contribution < 1.29 is 14.3 Å². The third-order valence-electron chi connectivity index (χ3n) is 4.94. The molecule has 2 amide bonds. The van der Waals surface area contributed by atoms with E-state index in [2.05, 4.69) is 27.3 Å². The number of rotatable bonds is 5. The fraction of sp³-hybridized carbons (Fsp3) is 0.389. The average molecular weight is 368 g/mol. The number of nitrogens with two attached hydrogens (primary N) is 1. The first-order valence-corrected chi connectivity index (χ1v) is 8.85. The van der Waals surface area contributed by atoms with Crippen LogP contribution in [0.2, 0.25) is 0 Å². The number of nitrogens with zero attached hydrogens (tertiary/aromatic N) is 4. The first kappa shape index (κ1) is 17.2. The molecule has 140 valence electrons. The quantitative estimate of drug-likeness (QED) is 0.692. The van der Waals surface area contributed by atoms with E-state index in [0.717, 1.165) is 6.42 Å². The Labute approximate surface area is 154 Å². The number of pyridine rings is 2. The number of hydrogen-bond donors (Lipinski definition) is 2. The van der Waals surface area contributed by atoms with Gasteiger partial charge in [0.2, 0.25) is 11.8 Å². The standard InChI is InChI=1S/C18H20N6O3/c1-3-10-7-14(25)22-13(10)8-27-18-15-11(4-5-20-18)6-12(16(19)26)17-21-9(2)23-24(15)17/h4-6,10,13H,3,7-8H2,1-2H3,(H2,19,26)(H,22,25). The van der Waals surface area contributed by atoms with Gasteiger partial charge in [-0.25, -0.2) is 14.5 Å². The second kappa shape index (κ2) is 6.49. The van der Waals surface area contributed by atoms with Crippen LogP contribution in [0.3, 0.4) is 0 Å². The number of fused-ring (bicyclic) bond motifs is 3. The van der Waals surface area contributed by atoms with Gasteiger partial charge in [-0.15, -0.1) is 0 Å². The lowest BCUT2D eigenvalue weighted by Gasteiger charge is -2.18. The fourth-order valence-electron chi connectivity index (χ4n) is 3.57. The van der Waals surface area contributed by atoms with Crippen LogP contribution >= 0.6 is 0 Å². The molecule has 1 saturated heterocycles. The molecule has 1 fully saturated rings. The minimum Gasteiger partial charge on any atom is -0.474 e. The molecule has 3 aromatic rings. The summed E-state index contributed by atoms with van der Waals surface area (Å²) in [5, 5.41) is 8.04. The molecule has 0 radical (unpaired) electrons. The number of primary amides is 1. The van der Waals surface area contributed by atoms with Gasteiger partial charge >= 0.3 is 0 Å². The van der Waals surface area contributed by atoms with Crippen molar-refractivity contribution in [2.45, 2.75) is 32.7 Å². The van der Waals surface area contributed by atoms with Crippen LogP contribution in [0.4, 0.5) is 0 Å². The van der Waals surface area contributed by atoms with Crippen LogP contribution in [0.25, 0.3) is 16.6 Å². The maximum atomic E-state index is 11.8. The zero-order chi connectivity index (χ0) is 19.1. The van der Waals surface area contributed by atoms with Crippen molar-refractivity contribution in [2.24, 2.45) is 11.7 Å². The molecule has 0 aromatic carbocycles. The summed E-state index contributed by atoms with van der Waals surface area (Å²) in [6.45, 7) is 4.10. The lowest BCUT2D eigenvalue weighted by atomic mass is 9.98. The van der Waals surface area contributed by atoms with Crippen molar-refractivity contribution in [3.05, 3.63) is 29.7 Å². The number of aryl methyl sites for hydroxylation is 1. The van der Waals surface area contributed by atoms with Crippen LogP contribution in [0.15, 0.2) is 18.3 Å². The van der Waals surface area contributed by atoms with Gasteiger partial charge in [-0.05, 0) is 25.0 Å². The van der Waals surface area contributed by atoms with Crippen LogP contribution in [0.5, 0.6) is 5.88 Å². The highest BCUT2D eigenvalue weighted by Gasteiger charge is 2.31. The molecular formula is C18H20N6O3. The third-order valence-corrected chi connectivity index (χ3v) is 4.94. The summed E-state index contributed by atoms with van der Waals surface area (Å²) in [7, 11) is 0. The van der Waals surface area contributed by atoms with E-state index in [1.807, 2.05) is 0 Å². The van der Waals surface area contributed by atoms with Crippen molar-refractivity contribution in [1.82, 2.24) is 24.9 Å². The molecule has 3 aromatic heterocycles. The molecule has 4 heterocycles. The average Bonchev–Trinajstić information content (AvgIpc) is 3.20. The molecule has 1 aliphatic heterocycles. The van der Waals surface area contributed by atoms with Crippen LogP contribution in [-0.2, 0) is 4.79 Å². The van der Waals surface area contributed by atoms with Gasteiger partial charge in [-0.1, -0.05) is 13.3 Å². The molecule has 27 heavy (non-hydrogen) atoms. The maximum absolute atomic E-state index is 11.8. The highest BCUT2D eigenvalue weighted by atomic mass is 16.5. The van der Waals surface area contributed by atoms with Crippen LogP contribution < -0.4 is 15.8 Å². The summed E-state index contributed by atoms with van der Waals surface area (Å²) in [5.41, 5.74) is 6.76. The van der Waals surface area contributed by atoms with Gasteiger partial charge in [0.1, 0.15) is 17.9 Å². The second-order valence-electron chi connectivity index (χ2n) is 6.73. The van der Waals surface area contributed by atoms with Gasteiger partial charge in [-0.2, -0.15) is 5.10 Å². The predicted molar refractivity (Wildman–Crippen MR) is 97.4 cm³/mol. The maximum Gasteiger partial charge on any atom is 0.252 e. The molecule has 2 atom stereocenters. The highest BCUT2D eigenvalue weighted by molar-refractivity contribution is 6.03. The van der Waals surface area contributed by atoms with Crippen molar-refractivity contribution in [2.75, 3.05) is 6.61 Å². The Morgan fingerprint density at radius 1 is 1.48 bits per heavy atom. The molecule has 4 rings (SSSR count). The Bertz CT molecular complexity index is 1060. The van der Waals surface area contributed by atoms with Crippen LogP contribution in [0.1, 0.15) is 35.9 Å². The molecule has 9 heteroatoms. The third kappa shape index (κ3) is 2.94. The van der Waals surface area contributed by atoms with E-state index in [4.69, 9.17) is 10.5 Å². The highest BCUT2D eigenvalue weighted by Crippen LogP contribution is 2.27. The van der Waals surface area contributed by atoms with Crippen LogP contribution in [0, 0.1) is 12.8 Å². The summed E-state index contributed by atoms with van der Waals surface area (Å²) in [6, 6.07) is 3.37. The summed E-state index contributed by atoms with van der Waals surface area (Å²) >= 11 is 0. The molecule has 3 N–H and O–H groups in total. The number of carbonyl (C=O) groups is 2. The summed E-state index contributed by atoms with van der Waals surface area (Å²) in [4.78, 5) is 32.1. The summed E-state index contributed by atoms with van der Waals surface area (Å²) in [5.74, 6) is 0.584. The Kier molecular flexibility index (Phi) is 4.14. The summed E-state index contributed by atoms with van der Waals surface area (Å²) < 4.78 is 7.51. The van der Waals surface area contributed by atoms with Gasteiger partial charge in [0.25, 0.3) is 5.91 Å². The molecule has 9 nitrogen and oxygen atoms in total. The van der Waals surface area contributed by atoms with E-state index in [-0.39, 0.29) is 23.4 Å². The largest absolute Gasteiger partial charge is 0.474 e. The minimum absolute atomic E-state index is 0.0433. The van der Waals surface area contributed by atoms with Gasteiger partial charge < -0.3 is 15.8 Å². The predicted octanol–water partition coefficient (Wildman–Crippen LogP) is 0.978. The van der Waals surface area contributed by atoms with E-state index < -0.39 is 5.91 Å². The monoisotopic (exact) mass is 368 g/mol. The van der Waals surface area contributed by atoms with E-state index in [9.17, 15) is 9.59 Å². The van der Waals surface area contributed by atoms with E-state index >= 15 is 0 Å². The van der Waals surface area contributed by atoms with Gasteiger partial charge in [0, 0.05) is 18.0 Å². The zero-order valence-corrected chi connectivity index (χ0v) is 15.1. The topological polar surface area (TPSA) is 124 Å². The van der Waals surface area contributed by atoms with Crippen molar-refractivity contribution in [3.8, 4) is 5.88 Å². The van der Waals surface area contributed by atoms with Crippen molar-refractivity contribution >= 4 is 28.4 Å². The molecule has 2 unspecified atom stereocenters.